The van der Waals surface area contributed by atoms with E-state index in [4.69, 9.17) is 16.7 Å². The number of aliphatic hydroxyl groups excluding tert-OH is 1. The number of nitrogens with zero attached hydrogens (tertiary/aromatic N) is 2. The molecule has 0 aliphatic carbocycles. The molecule has 1 rings (SSSR count). The van der Waals surface area contributed by atoms with Crippen LogP contribution in [0.4, 0.5) is 0 Å². The van der Waals surface area contributed by atoms with Gasteiger partial charge in [0.1, 0.15) is 0 Å². The average Bonchev–Trinajstić information content (AvgIpc) is 2.13. The Balaban J connectivity index is 2.77. The zero-order chi connectivity index (χ0) is 6.85. The highest BCUT2D eigenvalue weighted by Gasteiger charge is 2.13. The zero-order valence-corrected chi connectivity index (χ0v) is 5.63. The van der Waals surface area contributed by atoms with Gasteiger partial charge in [-0.3, -0.25) is 0 Å². The summed E-state index contributed by atoms with van der Waals surface area (Å²) in [6.07, 6.45) is 0.875. The normalized spacial score (nSPS) is 20.3. The number of rotatable bonds is 1. The van der Waals surface area contributed by atoms with Crippen molar-refractivity contribution < 1.29 is 5.11 Å². The van der Waals surface area contributed by atoms with Crippen molar-refractivity contribution in [1.82, 2.24) is 5.43 Å². The highest BCUT2D eigenvalue weighted by Crippen LogP contribution is 2.13. The molecule has 0 saturated carbocycles. The quantitative estimate of drug-likeness (QED) is 0.534. The molecule has 1 atom stereocenters. The van der Waals surface area contributed by atoms with E-state index in [2.05, 4.69) is 10.5 Å². The first-order valence-electron chi connectivity index (χ1n) is 2.53. The van der Waals surface area contributed by atoms with Gasteiger partial charge in [0.15, 0.2) is 5.16 Å². The number of aliphatic hydroxyl groups is 1. The van der Waals surface area contributed by atoms with Crippen LogP contribution in [0.2, 0.25) is 0 Å². The molecule has 0 saturated heterocycles. The third-order valence-electron chi connectivity index (χ3n) is 1.03. The smallest absolute Gasteiger partial charge is 0.159 e. The fourth-order valence-corrected chi connectivity index (χ4v) is 0.783. The summed E-state index contributed by atoms with van der Waals surface area (Å²) in [5.41, 5.74) is 4.07. The SMILES string of the molecule is CC(O)C1=C(Cl)[N]N=C1. The second kappa shape index (κ2) is 2.37. The predicted molar refractivity (Wildman–Crippen MR) is 35.2 cm³/mol. The molecule has 1 heterocycles. The Kier molecular flexibility index (Phi) is 1.73. The van der Waals surface area contributed by atoms with Crippen molar-refractivity contribution in [3.8, 4) is 0 Å². The van der Waals surface area contributed by atoms with Crippen molar-refractivity contribution in [1.29, 1.82) is 0 Å². The molecule has 0 aromatic heterocycles. The second-order valence-corrected chi connectivity index (χ2v) is 2.12. The van der Waals surface area contributed by atoms with E-state index >= 15 is 0 Å². The van der Waals surface area contributed by atoms with E-state index in [-0.39, 0.29) is 5.16 Å². The van der Waals surface area contributed by atoms with Gasteiger partial charge in [0.05, 0.1) is 12.3 Å². The molecule has 9 heavy (non-hydrogen) atoms. The summed E-state index contributed by atoms with van der Waals surface area (Å²) in [5.74, 6) is 0. The molecule has 1 aliphatic heterocycles. The van der Waals surface area contributed by atoms with E-state index in [1.54, 1.807) is 6.92 Å². The minimum Gasteiger partial charge on any atom is -0.389 e. The Morgan fingerprint density at radius 3 is 2.67 bits per heavy atom. The first-order chi connectivity index (χ1) is 4.22. The maximum atomic E-state index is 8.93. The summed E-state index contributed by atoms with van der Waals surface area (Å²) in [6, 6.07) is 0. The van der Waals surface area contributed by atoms with Crippen molar-refractivity contribution in [3.05, 3.63) is 10.7 Å². The largest absolute Gasteiger partial charge is 0.389 e. The molecule has 0 fully saturated rings. The van der Waals surface area contributed by atoms with Crippen molar-refractivity contribution in [2.45, 2.75) is 13.0 Å². The van der Waals surface area contributed by atoms with Crippen LogP contribution in [0.3, 0.4) is 0 Å². The zero-order valence-electron chi connectivity index (χ0n) is 4.87. The molecule has 0 bridgehead atoms. The van der Waals surface area contributed by atoms with Crippen LogP contribution in [-0.4, -0.2) is 17.4 Å². The molecule has 1 N–H and O–H groups in total. The third kappa shape index (κ3) is 1.23. The van der Waals surface area contributed by atoms with Gasteiger partial charge in [-0.25, -0.2) is 0 Å². The number of halogens is 1. The van der Waals surface area contributed by atoms with Crippen molar-refractivity contribution in [2.24, 2.45) is 5.10 Å². The Hall–Kier alpha value is -0.540. The van der Waals surface area contributed by atoms with Crippen molar-refractivity contribution in [3.63, 3.8) is 0 Å². The van der Waals surface area contributed by atoms with Crippen LogP contribution in [0.25, 0.3) is 0 Å². The lowest BCUT2D eigenvalue weighted by atomic mass is 10.2. The van der Waals surface area contributed by atoms with Gasteiger partial charge in [-0.05, 0) is 6.92 Å². The fraction of sp³-hybridized carbons (Fsp3) is 0.400. The maximum Gasteiger partial charge on any atom is 0.159 e. The molecule has 49 valence electrons. The van der Waals surface area contributed by atoms with Gasteiger partial charge in [0, 0.05) is 5.57 Å². The maximum absolute atomic E-state index is 8.93. The Morgan fingerprint density at radius 2 is 2.44 bits per heavy atom. The van der Waals surface area contributed by atoms with Crippen LogP contribution in [0.1, 0.15) is 6.92 Å². The van der Waals surface area contributed by atoms with Crippen molar-refractivity contribution in [2.75, 3.05) is 0 Å². The average molecular weight is 146 g/mol. The van der Waals surface area contributed by atoms with Crippen LogP contribution < -0.4 is 5.43 Å². The first kappa shape index (κ1) is 6.58. The van der Waals surface area contributed by atoms with Crippen LogP contribution in [-0.2, 0) is 0 Å². The lowest BCUT2D eigenvalue weighted by Gasteiger charge is -1.99. The standard InChI is InChI=1S/C5H6ClN2O/c1-3(9)4-2-7-8-5(4)6/h2-3,9H,1H3. The second-order valence-electron chi connectivity index (χ2n) is 1.77. The fourth-order valence-electron chi connectivity index (χ4n) is 0.533. The topological polar surface area (TPSA) is 46.7 Å². The third-order valence-corrected chi connectivity index (χ3v) is 1.32. The first-order valence-corrected chi connectivity index (χ1v) is 2.91. The molecule has 1 unspecified atom stereocenters. The minimum atomic E-state index is -0.576. The highest BCUT2D eigenvalue weighted by molar-refractivity contribution is 6.31. The molecule has 0 aromatic rings. The van der Waals surface area contributed by atoms with Crippen LogP contribution in [0, 0.1) is 0 Å². The summed E-state index contributed by atoms with van der Waals surface area (Å²) in [5, 5.41) is 12.7. The van der Waals surface area contributed by atoms with E-state index < -0.39 is 6.10 Å². The molecular formula is C5H6ClN2O. The molecule has 4 heteroatoms. The van der Waals surface area contributed by atoms with Crippen LogP contribution in [0.15, 0.2) is 15.8 Å². The molecular weight excluding hydrogens is 140 g/mol. The molecule has 0 aromatic carbocycles. The summed E-state index contributed by atoms with van der Waals surface area (Å²) in [7, 11) is 0. The molecule has 0 amide bonds. The van der Waals surface area contributed by atoms with Gasteiger partial charge in [0.2, 0.25) is 0 Å². The van der Waals surface area contributed by atoms with Gasteiger partial charge in [-0.15, -0.1) is 5.43 Å². The van der Waals surface area contributed by atoms with Gasteiger partial charge in [-0.2, -0.15) is 5.10 Å². The number of hydrogen-bond donors (Lipinski definition) is 1. The summed E-state index contributed by atoms with van der Waals surface area (Å²) >= 11 is 5.50. The summed E-state index contributed by atoms with van der Waals surface area (Å²) in [6.45, 7) is 1.62. The van der Waals surface area contributed by atoms with Gasteiger partial charge in [-0.1, -0.05) is 11.6 Å². The lowest BCUT2D eigenvalue weighted by Crippen LogP contribution is -2.05. The van der Waals surface area contributed by atoms with E-state index in [0.29, 0.717) is 5.57 Å². The van der Waals surface area contributed by atoms with E-state index in [9.17, 15) is 0 Å². The van der Waals surface area contributed by atoms with E-state index in [1.807, 2.05) is 0 Å². The molecule has 0 spiro atoms. The molecule has 1 radical (unpaired) electrons. The van der Waals surface area contributed by atoms with E-state index in [0.717, 1.165) is 0 Å². The minimum absolute atomic E-state index is 0.282. The van der Waals surface area contributed by atoms with Gasteiger partial charge >= 0.3 is 0 Å². The molecule has 3 nitrogen and oxygen atoms in total. The lowest BCUT2D eigenvalue weighted by molar-refractivity contribution is 0.238. The Labute approximate surface area is 58.0 Å². The Morgan fingerprint density at radius 1 is 1.78 bits per heavy atom. The number of hydrogen-bond acceptors (Lipinski definition) is 2. The van der Waals surface area contributed by atoms with Gasteiger partial charge in [0.25, 0.3) is 0 Å². The summed E-state index contributed by atoms with van der Waals surface area (Å²) < 4.78 is 0. The monoisotopic (exact) mass is 145 g/mol. The highest BCUT2D eigenvalue weighted by atomic mass is 35.5. The Bertz CT molecular complexity index is 174. The van der Waals surface area contributed by atoms with Crippen LogP contribution in [0.5, 0.6) is 0 Å². The molecule has 1 aliphatic rings. The van der Waals surface area contributed by atoms with Crippen molar-refractivity contribution >= 4 is 17.8 Å². The van der Waals surface area contributed by atoms with Crippen LogP contribution >= 0.6 is 11.6 Å². The summed E-state index contributed by atoms with van der Waals surface area (Å²) in [4.78, 5) is 0. The van der Waals surface area contributed by atoms with E-state index in [1.165, 1.54) is 6.21 Å². The predicted octanol–water partition coefficient (Wildman–Crippen LogP) is 0.421. The van der Waals surface area contributed by atoms with Gasteiger partial charge < -0.3 is 5.11 Å².